The van der Waals surface area contributed by atoms with Gasteiger partial charge in [-0.2, -0.15) is 0 Å². The largest absolute Gasteiger partial charge is 0.397 e. The normalized spacial score (nSPS) is 10.7. The Balaban J connectivity index is 3.08. The molecule has 66 valence electrons. The molecule has 1 aromatic heterocycles. The molecule has 0 saturated heterocycles. The zero-order valence-corrected chi connectivity index (χ0v) is 6.30. The number of aromatic nitrogens is 1. The average Bonchev–Trinajstić information content (AvgIpc) is 2.05. The molecule has 0 spiro atoms. The topological polar surface area (TPSA) is 64.9 Å². The number of halogens is 2. The molecular formula is C7H9F2N3. The second kappa shape index (κ2) is 3.44. The molecule has 0 aliphatic carbocycles. The fraction of sp³-hybridized carbons (Fsp3) is 0.286. The molecule has 12 heavy (non-hydrogen) atoms. The summed E-state index contributed by atoms with van der Waals surface area (Å²) in [6.07, 6.45) is -2.64. The van der Waals surface area contributed by atoms with E-state index in [1.807, 2.05) is 0 Å². The van der Waals surface area contributed by atoms with Crippen molar-refractivity contribution in [2.24, 2.45) is 5.73 Å². The van der Waals surface area contributed by atoms with Gasteiger partial charge in [0.25, 0.3) is 6.43 Å². The molecule has 0 saturated carbocycles. The summed E-state index contributed by atoms with van der Waals surface area (Å²) >= 11 is 0. The lowest BCUT2D eigenvalue weighted by molar-refractivity contribution is 0.147. The molecule has 0 radical (unpaired) electrons. The van der Waals surface area contributed by atoms with Crippen LogP contribution < -0.4 is 11.5 Å². The van der Waals surface area contributed by atoms with Crippen molar-refractivity contribution in [3.63, 3.8) is 0 Å². The van der Waals surface area contributed by atoms with Gasteiger partial charge in [-0.3, -0.25) is 0 Å². The van der Waals surface area contributed by atoms with Crippen molar-refractivity contribution in [1.29, 1.82) is 0 Å². The van der Waals surface area contributed by atoms with E-state index in [0.717, 1.165) is 0 Å². The van der Waals surface area contributed by atoms with Gasteiger partial charge in [0.15, 0.2) is 0 Å². The van der Waals surface area contributed by atoms with Gasteiger partial charge in [-0.15, -0.1) is 0 Å². The van der Waals surface area contributed by atoms with Crippen molar-refractivity contribution in [1.82, 2.24) is 4.98 Å². The Bertz CT molecular complexity index is 275. The number of anilines is 1. The molecule has 0 unspecified atom stereocenters. The van der Waals surface area contributed by atoms with E-state index in [1.54, 1.807) is 0 Å². The highest BCUT2D eigenvalue weighted by molar-refractivity contribution is 5.43. The van der Waals surface area contributed by atoms with Crippen LogP contribution in [-0.4, -0.2) is 4.98 Å². The fourth-order valence-corrected chi connectivity index (χ4v) is 0.816. The maximum absolute atomic E-state index is 12.2. The Hall–Kier alpha value is -1.23. The van der Waals surface area contributed by atoms with Crippen LogP contribution >= 0.6 is 0 Å². The van der Waals surface area contributed by atoms with Crippen LogP contribution in [0.25, 0.3) is 0 Å². The van der Waals surface area contributed by atoms with Crippen molar-refractivity contribution < 1.29 is 8.78 Å². The van der Waals surface area contributed by atoms with Gasteiger partial charge in [0.1, 0.15) is 5.69 Å². The molecule has 1 heterocycles. The molecule has 0 atom stereocenters. The number of nitrogens with two attached hydrogens (primary N) is 2. The molecule has 0 bridgehead atoms. The van der Waals surface area contributed by atoms with E-state index < -0.39 is 12.1 Å². The maximum atomic E-state index is 12.2. The zero-order chi connectivity index (χ0) is 9.14. The molecule has 1 rings (SSSR count). The van der Waals surface area contributed by atoms with Gasteiger partial charge in [0.2, 0.25) is 0 Å². The van der Waals surface area contributed by atoms with Gasteiger partial charge in [-0.1, -0.05) is 0 Å². The van der Waals surface area contributed by atoms with Crippen molar-refractivity contribution in [3.8, 4) is 0 Å². The van der Waals surface area contributed by atoms with E-state index in [0.29, 0.717) is 5.69 Å². The van der Waals surface area contributed by atoms with Gasteiger partial charge in [0.05, 0.1) is 11.4 Å². The number of hydrogen-bond donors (Lipinski definition) is 2. The molecule has 0 aliphatic heterocycles. The maximum Gasteiger partial charge on any atom is 0.282 e. The minimum atomic E-state index is -2.64. The standard InChI is InChI=1S/C7H9F2N3/c8-7(9)6-5(11)2-1-4(3-10)12-6/h1-2,7H,3,10-11H2. The first-order valence-corrected chi connectivity index (χ1v) is 3.38. The summed E-state index contributed by atoms with van der Waals surface area (Å²) in [7, 11) is 0. The van der Waals surface area contributed by atoms with Crippen molar-refractivity contribution in [3.05, 3.63) is 23.5 Å². The van der Waals surface area contributed by atoms with Crippen molar-refractivity contribution in [2.75, 3.05) is 5.73 Å². The molecule has 0 aliphatic rings. The summed E-state index contributed by atoms with van der Waals surface area (Å²) in [6.45, 7) is 0.139. The van der Waals surface area contributed by atoms with Crippen LogP contribution in [0.3, 0.4) is 0 Å². The highest BCUT2D eigenvalue weighted by Crippen LogP contribution is 2.22. The number of hydrogen-bond acceptors (Lipinski definition) is 3. The third-order valence-corrected chi connectivity index (χ3v) is 1.43. The minimum Gasteiger partial charge on any atom is -0.397 e. The van der Waals surface area contributed by atoms with Crippen LogP contribution in [0.2, 0.25) is 0 Å². The Morgan fingerprint density at radius 1 is 1.42 bits per heavy atom. The highest BCUT2D eigenvalue weighted by atomic mass is 19.3. The summed E-state index contributed by atoms with van der Waals surface area (Å²) in [6, 6.07) is 2.91. The Labute approximate surface area is 68.4 Å². The molecule has 1 aromatic rings. The molecule has 4 N–H and O–H groups in total. The van der Waals surface area contributed by atoms with Gasteiger partial charge in [-0.25, -0.2) is 13.8 Å². The average molecular weight is 173 g/mol. The van der Waals surface area contributed by atoms with E-state index in [4.69, 9.17) is 11.5 Å². The van der Waals surface area contributed by atoms with Crippen LogP contribution in [0.4, 0.5) is 14.5 Å². The van der Waals surface area contributed by atoms with Crippen LogP contribution in [0.1, 0.15) is 17.8 Å². The summed E-state index contributed by atoms with van der Waals surface area (Å²) < 4.78 is 24.3. The molecule has 0 amide bonds. The smallest absolute Gasteiger partial charge is 0.282 e. The zero-order valence-electron chi connectivity index (χ0n) is 6.30. The lowest BCUT2D eigenvalue weighted by Crippen LogP contribution is -2.05. The Kier molecular flexibility index (Phi) is 2.54. The predicted molar refractivity (Wildman–Crippen MR) is 41.5 cm³/mol. The summed E-state index contributed by atoms with van der Waals surface area (Å²) in [5, 5.41) is 0. The summed E-state index contributed by atoms with van der Waals surface area (Å²) in [4.78, 5) is 3.59. The van der Waals surface area contributed by atoms with Crippen LogP contribution in [0.5, 0.6) is 0 Å². The first-order valence-electron chi connectivity index (χ1n) is 3.38. The number of nitrogen functional groups attached to an aromatic ring is 1. The first-order chi connectivity index (χ1) is 5.65. The Morgan fingerprint density at radius 2 is 2.08 bits per heavy atom. The SMILES string of the molecule is NCc1ccc(N)c(C(F)F)n1. The van der Waals surface area contributed by atoms with E-state index >= 15 is 0 Å². The predicted octanol–water partition coefficient (Wildman–Crippen LogP) is 1.06. The van der Waals surface area contributed by atoms with Gasteiger partial charge in [0, 0.05) is 6.54 Å². The van der Waals surface area contributed by atoms with Crippen molar-refractivity contribution in [2.45, 2.75) is 13.0 Å². The number of nitrogens with zero attached hydrogens (tertiary/aromatic N) is 1. The van der Waals surface area contributed by atoms with Gasteiger partial charge >= 0.3 is 0 Å². The molecule has 3 nitrogen and oxygen atoms in total. The van der Waals surface area contributed by atoms with E-state index in [9.17, 15) is 8.78 Å². The summed E-state index contributed by atoms with van der Waals surface area (Å²) in [5.41, 5.74) is 10.5. The van der Waals surface area contributed by atoms with E-state index in [2.05, 4.69) is 4.98 Å². The number of rotatable bonds is 2. The quantitative estimate of drug-likeness (QED) is 0.702. The van der Waals surface area contributed by atoms with Crippen LogP contribution in [-0.2, 0) is 6.54 Å². The minimum absolute atomic E-state index is 0.00204. The van der Waals surface area contributed by atoms with E-state index in [1.165, 1.54) is 12.1 Å². The molecule has 5 heteroatoms. The summed E-state index contributed by atoms with van der Waals surface area (Å²) in [5.74, 6) is 0. The second-order valence-electron chi connectivity index (χ2n) is 2.28. The number of pyridine rings is 1. The highest BCUT2D eigenvalue weighted by Gasteiger charge is 2.12. The third kappa shape index (κ3) is 1.68. The lowest BCUT2D eigenvalue weighted by atomic mass is 10.2. The monoisotopic (exact) mass is 173 g/mol. The number of alkyl halides is 2. The molecular weight excluding hydrogens is 164 g/mol. The van der Waals surface area contributed by atoms with Crippen LogP contribution in [0.15, 0.2) is 12.1 Å². The fourth-order valence-electron chi connectivity index (χ4n) is 0.816. The first kappa shape index (κ1) is 8.86. The third-order valence-electron chi connectivity index (χ3n) is 1.43. The van der Waals surface area contributed by atoms with Gasteiger partial charge in [-0.05, 0) is 12.1 Å². The van der Waals surface area contributed by atoms with E-state index in [-0.39, 0.29) is 12.2 Å². The molecule has 0 aromatic carbocycles. The lowest BCUT2D eigenvalue weighted by Gasteiger charge is -2.04. The Morgan fingerprint density at radius 3 is 2.58 bits per heavy atom. The van der Waals surface area contributed by atoms with Crippen molar-refractivity contribution >= 4 is 5.69 Å². The van der Waals surface area contributed by atoms with Crippen LogP contribution in [0, 0.1) is 0 Å². The second-order valence-corrected chi connectivity index (χ2v) is 2.28. The molecule has 0 fully saturated rings. The van der Waals surface area contributed by atoms with Gasteiger partial charge < -0.3 is 11.5 Å².